The largest absolute Gasteiger partial charge is 0.458 e. The van der Waals surface area contributed by atoms with Crippen molar-refractivity contribution in [2.24, 2.45) is 5.16 Å². The summed E-state index contributed by atoms with van der Waals surface area (Å²) in [6, 6.07) is 19.0. The van der Waals surface area contributed by atoms with Crippen LogP contribution < -0.4 is 5.32 Å². The highest BCUT2D eigenvalue weighted by Crippen LogP contribution is 2.38. The van der Waals surface area contributed by atoms with E-state index in [9.17, 15) is 18.3 Å². The number of aromatic nitrogens is 1. The van der Waals surface area contributed by atoms with E-state index in [0.29, 0.717) is 18.7 Å². The number of rotatable bonds is 6. The Kier molecular flexibility index (Phi) is 5.75. The second kappa shape index (κ2) is 8.49. The molecule has 0 fully saturated rings. The van der Waals surface area contributed by atoms with Gasteiger partial charge in [0, 0.05) is 25.5 Å². The number of hydrogen-bond donors (Lipinski definition) is 2. The molecule has 1 aliphatic rings. The van der Waals surface area contributed by atoms with E-state index in [1.165, 1.54) is 0 Å². The van der Waals surface area contributed by atoms with Gasteiger partial charge in [-0.05, 0) is 39.9 Å². The van der Waals surface area contributed by atoms with Crippen molar-refractivity contribution in [3.63, 3.8) is 0 Å². The predicted molar refractivity (Wildman–Crippen MR) is 110 cm³/mol. The Balaban J connectivity index is 1.37. The molecule has 31 heavy (non-hydrogen) atoms. The van der Waals surface area contributed by atoms with Crippen LogP contribution in [0.5, 0.6) is 0 Å². The Bertz CT molecular complexity index is 1070. The van der Waals surface area contributed by atoms with Crippen LogP contribution in [0.25, 0.3) is 11.1 Å². The first-order chi connectivity index (χ1) is 14.9. The number of hydrogen-bond acceptors (Lipinski definition) is 5. The summed E-state index contributed by atoms with van der Waals surface area (Å²) >= 11 is 0. The molecule has 2 heterocycles. The van der Waals surface area contributed by atoms with E-state index in [0.717, 1.165) is 22.3 Å². The van der Waals surface area contributed by atoms with Gasteiger partial charge in [-0.1, -0.05) is 53.7 Å². The Hall–Kier alpha value is -3.23. The van der Waals surface area contributed by atoms with Crippen molar-refractivity contribution < 1.29 is 23.1 Å². The molecule has 5 nitrogen and oxygen atoms in total. The smallest absolute Gasteiger partial charge is 0.350 e. The van der Waals surface area contributed by atoms with Crippen molar-refractivity contribution in [1.29, 1.82) is 0 Å². The molecule has 0 bridgehead atoms. The number of pyridine rings is 1. The quantitative estimate of drug-likeness (QED) is 0.612. The molecule has 0 amide bonds. The van der Waals surface area contributed by atoms with Gasteiger partial charge in [0.25, 0.3) is 0 Å². The number of nitrogens with zero attached hydrogens (tertiary/aromatic N) is 2. The minimum atomic E-state index is -4.91. The zero-order valence-corrected chi connectivity index (χ0v) is 16.4. The molecule has 1 atom stereocenters. The Labute approximate surface area is 177 Å². The summed E-state index contributed by atoms with van der Waals surface area (Å²) < 4.78 is 38.6. The lowest BCUT2D eigenvalue weighted by atomic mass is 10.0. The normalized spacial score (nSPS) is 18.5. The third-order valence-corrected chi connectivity index (χ3v) is 5.10. The lowest BCUT2D eigenvalue weighted by Gasteiger charge is -2.22. The summed E-state index contributed by atoms with van der Waals surface area (Å²) in [7, 11) is 0. The fraction of sp³-hybridized carbons (Fsp3) is 0.217. The van der Waals surface area contributed by atoms with E-state index in [-0.39, 0.29) is 5.71 Å². The van der Waals surface area contributed by atoms with Gasteiger partial charge in [0.2, 0.25) is 0 Å². The molecule has 160 valence electrons. The van der Waals surface area contributed by atoms with Gasteiger partial charge in [0.1, 0.15) is 0 Å². The minimum Gasteiger partial charge on any atom is -0.350 e. The summed E-state index contributed by atoms with van der Waals surface area (Å²) in [6.45, 7) is 1.24. The Morgan fingerprint density at radius 2 is 1.65 bits per heavy atom. The van der Waals surface area contributed by atoms with Crippen molar-refractivity contribution in [3.8, 4) is 11.1 Å². The maximum absolute atomic E-state index is 12.9. The van der Waals surface area contributed by atoms with E-state index in [1.807, 2.05) is 36.4 Å². The fourth-order valence-corrected chi connectivity index (χ4v) is 3.37. The average Bonchev–Trinajstić information content (AvgIpc) is 3.19. The molecule has 1 unspecified atom stereocenters. The molecule has 8 heteroatoms. The van der Waals surface area contributed by atoms with Gasteiger partial charge in [-0.3, -0.25) is 4.98 Å². The number of alkyl halides is 3. The number of benzene rings is 2. The summed E-state index contributed by atoms with van der Waals surface area (Å²) in [4.78, 5) is 8.32. The molecule has 3 aromatic rings. The van der Waals surface area contributed by atoms with Crippen LogP contribution in [0.1, 0.15) is 23.1 Å². The van der Waals surface area contributed by atoms with Crippen molar-refractivity contribution in [3.05, 3.63) is 89.7 Å². The van der Waals surface area contributed by atoms with Crippen LogP contribution in [-0.2, 0) is 17.9 Å². The van der Waals surface area contributed by atoms with Crippen molar-refractivity contribution in [2.75, 3.05) is 0 Å². The number of aliphatic hydroxyl groups is 1. The highest BCUT2D eigenvalue weighted by atomic mass is 19.4. The van der Waals surface area contributed by atoms with Crippen LogP contribution in [0.4, 0.5) is 13.2 Å². The van der Waals surface area contributed by atoms with Crippen LogP contribution in [0, 0.1) is 0 Å². The molecule has 0 radical (unpaired) electrons. The van der Waals surface area contributed by atoms with Gasteiger partial charge in [0.15, 0.2) is 0 Å². The first-order valence-electron chi connectivity index (χ1n) is 9.68. The van der Waals surface area contributed by atoms with Gasteiger partial charge in [-0.25, -0.2) is 0 Å². The molecule has 0 spiro atoms. The van der Waals surface area contributed by atoms with Gasteiger partial charge in [0.05, 0.1) is 12.1 Å². The lowest BCUT2D eigenvalue weighted by molar-refractivity contribution is -0.355. The topological polar surface area (TPSA) is 66.7 Å². The second-order valence-corrected chi connectivity index (χ2v) is 7.28. The molecular weight excluding hydrogens is 407 g/mol. The predicted octanol–water partition coefficient (Wildman–Crippen LogP) is 4.41. The number of halogens is 3. The molecule has 1 aliphatic heterocycles. The molecule has 2 N–H and O–H groups in total. The standard InChI is InChI=1S/C23H20F3N3O2/c24-23(25,26)22(30)13-21(29-31-22)18-7-5-16(6-8-18)14-28-15-19-3-1-2-4-20(19)17-9-11-27-12-10-17/h1-12,28,30H,13-15H2. The first kappa shape index (κ1) is 21.0. The monoisotopic (exact) mass is 427 g/mol. The molecule has 2 aromatic carbocycles. The molecule has 0 saturated heterocycles. The molecule has 1 aromatic heterocycles. The minimum absolute atomic E-state index is 0.0608. The Morgan fingerprint density at radius 1 is 0.935 bits per heavy atom. The molecule has 0 saturated carbocycles. The van der Waals surface area contributed by atoms with Gasteiger partial charge >= 0.3 is 12.0 Å². The zero-order valence-electron chi connectivity index (χ0n) is 16.4. The van der Waals surface area contributed by atoms with E-state index >= 15 is 0 Å². The summed E-state index contributed by atoms with van der Waals surface area (Å²) in [5.41, 5.74) is 4.88. The van der Waals surface area contributed by atoms with E-state index in [1.54, 1.807) is 24.5 Å². The maximum atomic E-state index is 12.9. The SMILES string of the molecule is OC1(C(F)(F)F)CC(c2ccc(CNCc3ccccc3-c3ccncc3)cc2)=NO1. The van der Waals surface area contributed by atoms with Crippen LogP contribution >= 0.6 is 0 Å². The maximum Gasteiger partial charge on any atom is 0.458 e. The van der Waals surface area contributed by atoms with Crippen LogP contribution in [0.2, 0.25) is 0 Å². The van der Waals surface area contributed by atoms with E-state index in [4.69, 9.17) is 0 Å². The highest BCUT2D eigenvalue weighted by Gasteiger charge is 2.60. The van der Waals surface area contributed by atoms with E-state index < -0.39 is 18.4 Å². The van der Waals surface area contributed by atoms with Crippen LogP contribution in [0.15, 0.2) is 78.2 Å². The average molecular weight is 427 g/mol. The highest BCUT2D eigenvalue weighted by molar-refractivity contribution is 6.01. The van der Waals surface area contributed by atoms with E-state index in [2.05, 4.69) is 32.4 Å². The fourth-order valence-electron chi connectivity index (χ4n) is 3.37. The lowest BCUT2D eigenvalue weighted by Crippen LogP contribution is -2.45. The van der Waals surface area contributed by atoms with Crippen LogP contribution in [0.3, 0.4) is 0 Å². The summed E-state index contributed by atoms with van der Waals surface area (Å²) in [5.74, 6) is -3.26. The Morgan fingerprint density at radius 3 is 2.32 bits per heavy atom. The molecule has 0 aliphatic carbocycles. The molecular formula is C23H20F3N3O2. The summed E-state index contributed by atoms with van der Waals surface area (Å²) in [6.07, 6.45) is -2.12. The summed E-state index contributed by atoms with van der Waals surface area (Å²) in [5, 5.41) is 16.4. The third-order valence-electron chi connectivity index (χ3n) is 5.10. The first-order valence-corrected chi connectivity index (χ1v) is 9.68. The van der Waals surface area contributed by atoms with Crippen molar-refractivity contribution in [2.45, 2.75) is 31.5 Å². The molecule has 4 rings (SSSR count). The zero-order chi connectivity index (χ0) is 21.9. The second-order valence-electron chi connectivity index (χ2n) is 7.28. The van der Waals surface area contributed by atoms with Gasteiger partial charge in [-0.15, -0.1) is 0 Å². The number of oxime groups is 1. The number of nitrogens with one attached hydrogen (secondary N) is 1. The third kappa shape index (κ3) is 4.60. The van der Waals surface area contributed by atoms with Crippen molar-refractivity contribution >= 4 is 5.71 Å². The van der Waals surface area contributed by atoms with Crippen molar-refractivity contribution in [1.82, 2.24) is 10.3 Å². The van der Waals surface area contributed by atoms with Gasteiger partial charge in [-0.2, -0.15) is 13.2 Å². The van der Waals surface area contributed by atoms with Crippen LogP contribution in [-0.4, -0.2) is 27.8 Å². The van der Waals surface area contributed by atoms with Gasteiger partial charge < -0.3 is 15.3 Å².